The Balaban J connectivity index is 2.14. The molecule has 0 radical (unpaired) electrons. The Morgan fingerprint density at radius 3 is 2.36 bits per heavy atom. The van der Waals surface area contributed by atoms with E-state index in [1.807, 2.05) is 24.3 Å². The molecule has 1 atom stereocenters. The van der Waals surface area contributed by atoms with Gasteiger partial charge in [0.15, 0.2) is 0 Å². The summed E-state index contributed by atoms with van der Waals surface area (Å²) in [5.41, 5.74) is 1.87. The maximum atomic E-state index is 11.1. The van der Waals surface area contributed by atoms with E-state index in [2.05, 4.69) is 19.1 Å². The summed E-state index contributed by atoms with van der Waals surface area (Å²) >= 11 is 0. The molecule has 0 aliphatic carbocycles. The van der Waals surface area contributed by atoms with E-state index in [-0.39, 0.29) is 6.10 Å². The van der Waals surface area contributed by atoms with Gasteiger partial charge in [-0.1, -0.05) is 75.4 Å². The normalized spacial score (nSPS) is 12.6. The fraction of sp³-hybridized carbons (Fsp3) is 0.609. The first-order valence-corrected chi connectivity index (χ1v) is 10.0. The van der Waals surface area contributed by atoms with Crippen LogP contribution < -0.4 is 0 Å². The van der Waals surface area contributed by atoms with E-state index in [9.17, 15) is 4.79 Å². The number of methoxy groups -OCH3 is 1. The summed E-state index contributed by atoms with van der Waals surface area (Å²) in [7, 11) is 1.77. The smallest absolute Gasteiger partial charge is 0.150 e. The van der Waals surface area contributed by atoms with Gasteiger partial charge in [-0.2, -0.15) is 0 Å². The van der Waals surface area contributed by atoms with Crippen molar-refractivity contribution in [1.29, 1.82) is 0 Å². The number of carbonyl (C=O) groups is 1. The van der Waals surface area contributed by atoms with E-state index < -0.39 is 0 Å². The zero-order valence-corrected chi connectivity index (χ0v) is 16.2. The second-order valence-electron chi connectivity index (χ2n) is 6.84. The Morgan fingerprint density at radius 2 is 1.64 bits per heavy atom. The molecule has 0 saturated heterocycles. The van der Waals surface area contributed by atoms with Gasteiger partial charge in [0.25, 0.3) is 0 Å². The van der Waals surface area contributed by atoms with Gasteiger partial charge in [0, 0.05) is 12.7 Å². The Kier molecular flexibility index (Phi) is 12.9. The van der Waals surface area contributed by atoms with Crippen molar-refractivity contribution in [2.24, 2.45) is 0 Å². The van der Waals surface area contributed by atoms with Gasteiger partial charge in [-0.3, -0.25) is 4.79 Å². The lowest BCUT2D eigenvalue weighted by Crippen LogP contribution is -2.15. The molecule has 2 nitrogen and oxygen atoms in total. The Bertz CT molecular complexity index is 479. The molecule has 0 heterocycles. The molecule has 0 aliphatic rings. The number of allylic oxidation sites excluding steroid dienone is 2. The van der Waals surface area contributed by atoms with Gasteiger partial charge in [-0.25, -0.2) is 0 Å². The minimum atomic E-state index is 0.188. The minimum Gasteiger partial charge on any atom is -0.381 e. The molecule has 2 heteroatoms. The van der Waals surface area contributed by atoms with Crippen LogP contribution in [0, 0.1) is 0 Å². The van der Waals surface area contributed by atoms with Gasteiger partial charge in [0.05, 0.1) is 6.10 Å². The summed E-state index contributed by atoms with van der Waals surface area (Å²) < 4.78 is 5.61. The maximum absolute atomic E-state index is 11.1. The predicted molar refractivity (Wildman–Crippen MR) is 107 cm³/mol. The molecule has 0 fully saturated rings. The van der Waals surface area contributed by atoms with E-state index >= 15 is 0 Å². The molecule has 0 aromatic heterocycles. The molecule has 0 saturated carbocycles. The van der Waals surface area contributed by atoms with Crippen molar-refractivity contribution >= 4 is 6.29 Å². The van der Waals surface area contributed by atoms with Crippen LogP contribution in [0.25, 0.3) is 0 Å². The number of carbonyl (C=O) groups excluding carboxylic acids is 1. The monoisotopic (exact) mass is 344 g/mol. The van der Waals surface area contributed by atoms with E-state index in [0.29, 0.717) is 0 Å². The molecule has 0 spiro atoms. The predicted octanol–water partition coefficient (Wildman–Crippen LogP) is 6.53. The summed E-state index contributed by atoms with van der Waals surface area (Å²) in [4.78, 5) is 11.1. The van der Waals surface area contributed by atoms with Crippen molar-refractivity contribution in [1.82, 2.24) is 0 Å². The number of rotatable bonds is 15. The molecule has 1 aromatic rings. The van der Waals surface area contributed by atoms with Crippen LogP contribution in [0.2, 0.25) is 0 Å². The van der Waals surface area contributed by atoms with Crippen molar-refractivity contribution in [2.45, 2.75) is 83.7 Å². The summed E-state index contributed by atoms with van der Waals surface area (Å²) in [6.45, 7) is 2.26. The first kappa shape index (κ1) is 21.6. The van der Waals surface area contributed by atoms with Gasteiger partial charge in [-0.15, -0.1) is 0 Å². The summed E-state index contributed by atoms with van der Waals surface area (Å²) in [5.74, 6) is 0. The molecule has 140 valence electrons. The Morgan fingerprint density at radius 1 is 0.960 bits per heavy atom. The number of unbranched alkanes of at least 4 members (excludes halogenated alkanes) is 7. The van der Waals surface area contributed by atoms with Crippen LogP contribution in [0.3, 0.4) is 0 Å². The number of hydrogen-bond donors (Lipinski definition) is 0. The topological polar surface area (TPSA) is 26.3 Å². The second-order valence-corrected chi connectivity index (χ2v) is 6.84. The molecular formula is C23H36O2. The lowest BCUT2D eigenvalue weighted by molar-refractivity contribution is 0.0936. The average molecular weight is 345 g/mol. The highest BCUT2D eigenvalue weighted by molar-refractivity contribution is 5.77. The highest BCUT2D eigenvalue weighted by Crippen LogP contribution is 2.15. The average Bonchev–Trinajstić information content (AvgIpc) is 2.65. The SMILES string of the molecule is CCCCCCCCC=CCCCC(Cc1ccccc1C=O)OC. The third-order valence-electron chi connectivity index (χ3n) is 4.75. The van der Waals surface area contributed by atoms with Crippen LogP contribution in [0.1, 0.15) is 87.1 Å². The van der Waals surface area contributed by atoms with Crippen LogP contribution >= 0.6 is 0 Å². The molecule has 1 rings (SSSR count). The van der Waals surface area contributed by atoms with Gasteiger partial charge in [0.2, 0.25) is 0 Å². The molecule has 0 aliphatic heterocycles. The lowest BCUT2D eigenvalue weighted by atomic mass is 9.99. The van der Waals surface area contributed by atoms with Crippen molar-refractivity contribution in [2.75, 3.05) is 7.11 Å². The third-order valence-corrected chi connectivity index (χ3v) is 4.75. The maximum Gasteiger partial charge on any atom is 0.150 e. The van der Waals surface area contributed by atoms with Crippen LogP contribution in [0.4, 0.5) is 0 Å². The quantitative estimate of drug-likeness (QED) is 0.205. The number of ether oxygens (including phenoxy) is 1. The molecule has 0 N–H and O–H groups in total. The summed E-state index contributed by atoms with van der Waals surface area (Å²) in [6, 6.07) is 7.79. The minimum absolute atomic E-state index is 0.188. The lowest BCUT2D eigenvalue weighted by Gasteiger charge is -2.16. The standard InChI is InChI=1S/C23H36O2/c1-3-4-5-6-7-8-9-10-11-12-13-18-23(25-2)19-21-16-14-15-17-22(21)20-24/h10-11,14-17,20,23H,3-9,12-13,18-19H2,1-2H3. The second kappa shape index (κ2) is 14.9. The van der Waals surface area contributed by atoms with Crippen LogP contribution in [0.5, 0.6) is 0 Å². The number of benzene rings is 1. The van der Waals surface area contributed by atoms with Crippen LogP contribution in [-0.2, 0) is 11.2 Å². The first-order chi connectivity index (χ1) is 12.3. The van der Waals surface area contributed by atoms with Crippen LogP contribution in [-0.4, -0.2) is 19.5 Å². The van der Waals surface area contributed by atoms with Crippen molar-refractivity contribution in [3.05, 3.63) is 47.5 Å². The van der Waals surface area contributed by atoms with E-state index in [1.54, 1.807) is 7.11 Å². The van der Waals surface area contributed by atoms with Crippen molar-refractivity contribution in [3.63, 3.8) is 0 Å². The molecule has 0 amide bonds. The largest absolute Gasteiger partial charge is 0.381 e. The summed E-state index contributed by atoms with van der Waals surface area (Å²) in [5, 5.41) is 0. The van der Waals surface area contributed by atoms with E-state index in [1.165, 1.54) is 44.9 Å². The van der Waals surface area contributed by atoms with Gasteiger partial charge in [-0.05, 0) is 44.1 Å². The van der Waals surface area contributed by atoms with Crippen LogP contribution in [0.15, 0.2) is 36.4 Å². The van der Waals surface area contributed by atoms with E-state index in [4.69, 9.17) is 4.74 Å². The molecular weight excluding hydrogens is 308 g/mol. The molecule has 0 bridgehead atoms. The highest BCUT2D eigenvalue weighted by Gasteiger charge is 2.10. The van der Waals surface area contributed by atoms with Gasteiger partial charge < -0.3 is 4.74 Å². The van der Waals surface area contributed by atoms with Gasteiger partial charge >= 0.3 is 0 Å². The third kappa shape index (κ3) is 10.2. The zero-order valence-electron chi connectivity index (χ0n) is 16.2. The van der Waals surface area contributed by atoms with E-state index in [0.717, 1.165) is 43.1 Å². The Hall–Kier alpha value is -1.41. The fourth-order valence-corrected chi connectivity index (χ4v) is 3.13. The Labute approximate surface area is 154 Å². The number of aldehydes is 1. The highest BCUT2D eigenvalue weighted by atomic mass is 16.5. The van der Waals surface area contributed by atoms with Crippen molar-refractivity contribution in [3.8, 4) is 0 Å². The fourth-order valence-electron chi connectivity index (χ4n) is 3.13. The number of hydrogen-bond acceptors (Lipinski definition) is 2. The van der Waals surface area contributed by atoms with Crippen molar-refractivity contribution < 1.29 is 9.53 Å². The zero-order chi connectivity index (χ0) is 18.2. The van der Waals surface area contributed by atoms with Gasteiger partial charge in [0.1, 0.15) is 6.29 Å². The molecule has 1 aromatic carbocycles. The summed E-state index contributed by atoms with van der Waals surface area (Å²) in [6.07, 6.45) is 19.3. The molecule has 25 heavy (non-hydrogen) atoms. The first-order valence-electron chi connectivity index (χ1n) is 10.0. The molecule has 1 unspecified atom stereocenters.